The molecule has 1 aromatic rings. The van der Waals surface area contributed by atoms with E-state index in [0.29, 0.717) is 12.1 Å². The first-order valence-electron chi connectivity index (χ1n) is 6.52. The molecule has 6 heteroatoms. The summed E-state index contributed by atoms with van der Waals surface area (Å²) in [5.74, 6) is 0.723. The average molecular weight is 294 g/mol. The monoisotopic (exact) mass is 294 g/mol. The van der Waals surface area contributed by atoms with Gasteiger partial charge < -0.3 is 15.3 Å². The van der Waals surface area contributed by atoms with Crippen molar-refractivity contribution in [2.45, 2.75) is 19.0 Å². The Hall–Kier alpha value is -1.69. The second kappa shape index (κ2) is 6.65. The number of rotatable bonds is 3. The second-order valence-corrected chi connectivity index (χ2v) is 5.90. The molecule has 0 spiro atoms. The van der Waals surface area contributed by atoms with E-state index >= 15 is 0 Å². The summed E-state index contributed by atoms with van der Waals surface area (Å²) in [6.45, 7) is 2.63. The highest BCUT2D eigenvalue weighted by molar-refractivity contribution is 7.99. The molecule has 0 bridgehead atoms. The summed E-state index contributed by atoms with van der Waals surface area (Å²) in [5.41, 5.74) is 0.576. The zero-order valence-corrected chi connectivity index (χ0v) is 12.1. The van der Waals surface area contributed by atoms with Gasteiger partial charge >= 0.3 is 12.0 Å². The normalized spacial score (nSPS) is 20.2. The van der Waals surface area contributed by atoms with E-state index in [-0.39, 0.29) is 12.1 Å². The summed E-state index contributed by atoms with van der Waals surface area (Å²) in [5, 5.41) is 11.9. The smallest absolute Gasteiger partial charge is 0.330 e. The van der Waals surface area contributed by atoms with E-state index in [1.165, 1.54) is 0 Å². The highest BCUT2D eigenvalue weighted by Gasteiger charge is 2.28. The number of urea groups is 1. The second-order valence-electron chi connectivity index (χ2n) is 4.75. The molecule has 1 heterocycles. The maximum Gasteiger partial charge on any atom is 0.330 e. The molecule has 2 rings (SSSR count). The van der Waals surface area contributed by atoms with Crippen molar-refractivity contribution in [3.63, 3.8) is 0 Å². The van der Waals surface area contributed by atoms with E-state index < -0.39 is 12.0 Å². The maximum atomic E-state index is 12.2. The summed E-state index contributed by atoms with van der Waals surface area (Å²) >= 11 is 1.81. The molecule has 20 heavy (non-hydrogen) atoms. The zero-order valence-electron chi connectivity index (χ0n) is 11.3. The van der Waals surface area contributed by atoms with Crippen LogP contribution in [-0.4, -0.2) is 46.1 Å². The number of nitrogens with zero attached hydrogens (tertiary/aromatic N) is 1. The van der Waals surface area contributed by atoms with Crippen LogP contribution in [0.3, 0.4) is 0 Å². The molecular weight excluding hydrogens is 276 g/mol. The van der Waals surface area contributed by atoms with E-state index in [1.54, 1.807) is 29.2 Å². The predicted molar refractivity (Wildman–Crippen MR) is 78.8 cm³/mol. The van der Waals surface area contributed by atoms with Crippen molar-refractivity contribution < 1.29 is 14.7 Å². The first kappa shape index (κ1) is 14.7. The number of amides is 2. The third-order valence-corrected chi connectivity index (χ3v) is 4.47. The standard InChI is InChI=1S/C14H18N2O3S/c1-10-9-20-8-7-16(10)14(19)15-12(13(17)18)11-5-3-2-4-6-11/h2-6,10,12H,7-9H2,1H3,(H,15,19)(H,17,18)/t10?,12-/m1/s1. The van der Waals surface area contributed by atoms with Crippen molar-refractivity contribution in [1.82, 2.24) is 10.2 Å². The van der Waals surface area contributed by atoms with Gasteiger partial charge in [0.05, 0.1) is 0 Å². The van der Waals surface area contributed by atoms with Crippen LogP contribution in [0.15, 0.2) is 30.3 Å². The van der Waals surface area contributed by atoms with E-state index in [0.717, 1.165) is 11.5 Å². The zero-order chi connectivity index (χ0) is 14.5. The molecule has 2 amide bonds. The Bertz CT molecular complexity index is 481. The fourth-order valence-corrected chi connectivity index (χ4v) is 3.18. The lowest BCUT2D eigenvalue weighted by Gasteiger charge is -2.33. The molecule has 0 aromatic heterocycles. The fraction of sp³-hybridized carbons (Fsp3) is 0.429. The minimum absolute atomic E-state index is 0.124. The summed E-state index contributed by atoms with van der Waals surface area (Å²) in [4.78, 5) is 25.3. The van der Waals surface area contributed by atoms with Crippen LogP contribution in [0.25, 0.3) is 0 Å². The van der Waals surface area contributed by atoms with Gasteiger partial charge in [-0.25, -0.2) is 9.59 Å². The first-order valence-corrected chi connectivity index (χ1v) is 7.67. The Morgan fingerprint density at radius 1 is 1.40 bits per heavy atom. The van der Waals surface area contributed by atoms with Crippen LogP contribution in [-0.2, 0) is 4.79 Å². The molecule has 2 atom stereocenters. The van der Waals surface area contributed by atoms with Crippen molar-refractivity contribution in [3.8, 4) is 0 Å². The highest BCUT2D eigenvalue weighted by Crippen LogP contribution is 2.18. The van der Waals surface area contributed by atoms with Gasteiger partial charge in [0.15, 0.2) is 6.04 Å². The molecule has 5 nitrogen and oxygen atoms in total. The van der Waals surface area contributed by atoms with E-state index in [1.807, 2.05) is 24.8 Å². The molecule has 1 aliphatic heterocycles. The summed E-state index contributed by atoms with van der Waals surface area (Å²) in [6.07, 6.45) is 0. The Labute approximate surface area is 122 Å². The van der Waals surface area contributed by atoms with Gasteiger partial charge in [-0.15, -0.1) is 0 Å². The van der Waals surface area contributed by atoms with Crippen molar-refractivity contribution in [1.29, 1.82) is 0 Å². The SMILES string of the molecule is CC1CSCCN1C(=O)N[C@@H](C(=O)O)c1ccccc1. The number of nitrogens with one attached hydrogen (secondary N) is 1. The molecule has 0 aliphatic carbocycles. The van der Waals surface area contributed by atoms with Crippen LogP contribution in [0.1, 0.15) is 18.5 Å². The average Bonchev–Trinajstić information content (AvgIpc) is 2.45. The van der Waals surface area contributed by atoms with Gasteiger partial charge in [0, 0.05) is 24.1 Å². The van der Waals surface area contributed by atoms with Crippen LogP contribution in [0.2, 0.25) is 0 Å². The maximum absolute atomic E-state index is 12.2. The van der Waals surface area contributed by atoms with Gasteiger partial charge in [-0.1, -0.05) is 30.3 Å². The van der Waals surface area contributed by atoms with Crippen molar-refractivity contribution in [3.05, 3.63) is 35.9 Å². The third kappa shape index (κ3) is 3.45. The van der Waals surface area contributed by atoms with Crippen molar-refractivity contribution >= 4 is 23.8 Å². The largest absolute Gasteiger partial charge is 0.479 e. The van der Waals surface area contributed by atoms with Gasteiger partial charge in [-0.3, -0.25) is 0 Å². The third-order valence-electron chi connectivity index (χ3n) is 3.28. The number of hydrogen-bond donors (Lipinski definition) is 2. The first-order chi connectivity index (χ1) is 9.59. The number of carboxylic acids is 1. The van der Waals surface area contributed by atoms with Crippen LogP contribution >= 0.6 is 11.8 Å². The van der Waals surface area contributed by atoms with E-state index in [2.05, 4.69) is 5.32 Å². The summed E-state index contributed by atoms with van der Waals surface area (Å²) in [6, 6.07) is 7.55. The number of hydrogen-bond acceptors (Lipinski definition) is 3. The summed E-state index contributed by atoms with van der Waals surface area (Å²) < 4.78 is 0. The van der Waals surface area contributed by atoms with Crippen molar-refractivity contribution in [2.24, 2.45) is 0 Å². The van der Waals surface area contributed by atoms with E-state index in [4.69, 9.17) is 0 Å². The van der Waals surface area contributed by atoms with Crippen LogP contribution in [0.4, 0.5) is 4.79 Å². The summed E-state index contributed by atoms with van der Waals surface area (Å²) in [7, 11) is 0. The fourth-order valence-electron chi connectivity index (χ4n) is 2.17. The van der Waals surface area contributed by atoms with Crippen LogP contribution in [0, 0.1) is 0 Å². The Morgan fingerprint density at radius 2 is 2.10 bits per heavy atom. The number of thioether (sulfide) groups is 1. The molecule has 108 valence electrons. The van der Waals surface area contributed by atoms with Crippen LogP contribution < -0.4 is 5.32 Å². The van der Waals surface area contributed by atoms with Crippen LogP contribution in [0.5, 0.6) is 0 Å². The highest BCUT2D eigenvalue weighted by atomic mass is 32.2. The topological polar surface area (TPSA) is 69.6 Å². The van der Waals surface area contributed by atoms with Gasteiger partial charge in [-0.05, 0) is 12.5 Å². The Balaban J connectivity index is 2.08. The predicted octanol–water partition coefficient (Wildman–Crippen LogP) is 1.96. The number of carbonyl (C=O) groups excluding carboxylic acids is 1. The number of aliphatic carboxylic acids is 1. The van der Waals surface area contributed by atoms with Gasteiger partial charge in [0.25, 0.3) is 0 Å². The van der Waals surface area contributed by atoms with E-state index in [9.17, 15) is 14.7 Å². The molecular formula is C14H18N2O3S. The Kier molecular flexibility index (Phi) is 4.89. The number of carboxylic acid groups (broad SMARTS) is 1. The lowest BCUT2D eigenvalue weighted by molar-refractivity contribution is -0.139. The van der Waals surface area contributed by atoms with Gasteiger partial charge in [-0.2, -0.15) is 11.8 Å². The molecule has 0 radical (unpaired) electrons. The number of benzene rings is 1. The molecule has 2 N–H and O–H groups in total. The number of carbonyl (C=O) groups is 2. The minimum Gasteiger partial charge on any atom is -0.479 e. The lowest BCUT2D eigenvalue weighted by atomic mass is 10.1. The molecule has 1 aliphatic rings. The minimum atomic E-state index is -1.05. The Morgan fingerprint density at radius 3 is 2.70 bits per heavy atom. The van der Waals surface area contributed by atoms with Gasteiger partial charge in [0.2, 0.25) is 0 Å². The van der Waals surface area contributed by atoms with Gasteiger partial charge in [0.1, 0.15) is 0 Å². The molecule has 1 fully saturated rings. The lowest BCUT2D eigenvalue weighted by Crippen LogP contribution is -2.51. The molecule has 0 saturated carbocycles. The molecule has 1 unspecified atom stereocenters. The molecule has 1 saturated heterocycles. The quantitative estimate of drug-likeness (QED) is 0.894. The molecule has 1 aromatic carbocycles. The van der Waals surface area contributed by atoms with Crippen molar-refractivity contribution in [2.75, 3.05) is 18.1 Å².